The first-order valence-electron chi connectivity index (χ1n) is 10.9. The first kappa shape index (κ1) is 22.0. The maximum absolute atomic E-state index is 13.5. The van der Waals surface area contributed by atoms with Gasteiger partial charge in [-0.1, -0.05) is 0 Å². The van der Waals surface area contributed by atoms with Gasteiger partial charge in [0.1, 0.15) is 11.9 Å². The van der Waals surface area contributed by atoms with Crippen molar-refractivity contribution in [2.45, 2.75) is 51.2 Å². The van der Waals surface area contributed by atoms with Crippen LogP contribution in [0.5, 0.6) is 0 Å². The van der Waals surface area contributed by atoms with E-state index in [2.05, 4.69) is 14.9 Å². The lowest BCUT2D eigenvalue weighted by atomic mass is 9.84. The number of hydrogen-bond acceptors (Lipinski definition) is 5. The lowest BCUT2D eigenvalue weighted by Gasteiger charge is -2.37. The molecule has 1 aromatic rings. The number of aromatic nitrogens is 2. The summed E-state index contributed by atoms with van der Waals surface area (Å²) in [5, 5.41) is 0. The summed E-state index contributed by atoms with van der Waals surface area (Å²) in [7, 11) is 2.01. The second-order valence-electron chi connectivity index (χ2n) is 8.80. The number of piperazine rings is 1. The van der Waals surface area contributed by atoms with E-state index >= 15 is 0 Å². The van der Waals surface area contributed by atoms with Gasteiger partial charge >= 0.3 is 6.18 Å². The van der Waals surface area contributed by atoms with Gasteiger partial charge in [-0.3, -0.25) is 9.59 Å². The minimum atomic E-state index is -4.59. The van der Waals surface area contributed by atoms with Gasteiger partial charge in [-0.2, -0.15) is 13.2 Å². The summed E-state index contributed by atoms with van der Waals surface area (Å²) in [6.07, 6.45) is -2.54. The number of halogens is 3. The van der Waals surface area contributed by atoms with Crippen molar-refractivity contribution in [3.8, 4) is 0 Å². The zero-order valence-electron chi connectivity index (χ0n) is 17.9. The zero-order valence-corrected chi connectivity index (χ0v) is 17.9. The molecule has 0 unspecified atom stereocenters. The van der Waals surface area contributed by atoms with Crippen molar-refractivity contribution >= 4 is 11.8 Å². The van der Waals surface area contributed by atoms with Crippen molar-refractivity contribution < 1.29 is 22.8 Å². The molecule has 4 rings (SSSR count). The fraction of sp³-hybridized carbons (Fsp3) is 0.714. The second-order valence-corrected chi connectivity index (χ2v) is 8.80. The van der Waals surface area contributed by atoms with E-state index in [0.717, 1.165) is 19.5 Å². The van der Waals surface area contributed by atoms with Crippen LogP contribution >= 0.6 is 0 Å². The number of likely N-dealkylation sites (tertiary alicyclic amines) is 1. The summed E-state index contributed by atoms with van der Waals surface area (Å²) in [6, 6.07) is -0.506. The van der Waals surface area contributed by atoms with Crippen molar-refractivity contribution in [3.05, 3.63) is 22.8 Å². The predicted molar refractivity (Wildman–Crippen MR) is 106 cm³/mol. The van der Waals surface area contributed by atoms with Crippen molar-refractivity contribution in [2.24, 2.45) is 5.92 Å². The summed E-state index contributed by atoms with van der Waals surface area (Å²) in [5.41, 5.74) is -0.516. The molecule has 7 nitrogen and oxygen atoms in total. The van der Waals surface area contributed by atoms with E-state index in [4.69, 9.17) is 0 Å². The normalized spacial score (nSPS) is 24.9. The number of fused-ring (bicyclic) bond motifs is 1. The quantitative estimate of drug-likeness (QED) is 0.701. The molecule has 0 N–H and O–H groups in total. The molecule has 3 heterocycles. The fourth-order valence-corrected chi connectivity index (χ4v) is 4.94. The molecular formula is C21H28F3N5O2. The Morgan fingerprint density at radius 2 is 1.71 bits per heavy atom. The third kappa shape index (κ3) is 4.40. The molecule has 2 amide bonds. The number of carbonyl (C=O) groups excluding carboxylic acids is 2. The molecule has 2 aliphatic heterocycles. The van der Waals surface area contributed by atoms with Crippen LogP contribution in [0.2, 0.25) is 0 Å². The number of amides is 2. The number of carbonyl (C=O) groups is 2. The van der Waals surface area contributed by atoms with E-state index < -0.39 is 23.8 Å². The van der Waals surface area contributed by atoms with Crippen LogP contribution in [-0.4, -0.2) is 82.3 Å². The minimum absolute atomic E-state index is 0.0313. The summed E-state index contributed by atoms with van der Waals surface area (Å²) in [5.74, 6) is -0.747. The number of aryl methyl sites for hydroxylation is 2. The number of hydrogen-bond donors (Lipinski definition) is 0. The molecule has 10 heteroatoms. The van der Waals surface area contributed by atoms with Crippen LogP contribution in [0, 0.1) is 12.8 Å². The molecule has 0 saturated carbocycles. The van der Waals surface area contributed by atoms with E-state index in [9.17, 15) is 22.8 Å². The Kier molecular flexibility index (Phi) is 5.93. The van der Waals surface area contributed by atoms with Crippen LogP contribution in [0.1, 0.15) is 42.0 Å². The Labute approximate surface area is 179 Å². The summed E-state index contributed by atoms with van der Waals surface area (Å²) < 4.78 is 40.6. The van der Waals surface area contributed by atoms with Gasteiger partial charge < -0.3 is 14.7 Å². The van der Waals surface area contributed by atoms with Crippen molar-refractivity contribution in [2.75, 3.05) is 39.8 Å². The number of likely N-dealkylation sites (N-methyl/N-ethyl adjacent to an activating group) is 1. The standard InChI is InChI=1S/C21H28F3N5O2/c1-13-25-16-6-5-14(12-15(16)18(26-13)21(22,23)24)19(30)29-7-3-4-17(29)20(31)28-10-8-27(2)9-11-28/h14,17H,3-12H2,1-2H3/t14-,17+/m0/s1. The Balaban J connectivity index is 1.51. The van der Waals surface area contributed by atoms with Crippen LogP contribution in [0.15, 0.2) is 0 Å². The fourth-order valence-electron chi connectivity index (χ4n) is 4.94. The molecular weight excluding hydrogens is 411 g/mol. The Morgan fingerprint density at radius 3 is 2.39 bits per heavy atom. The van der Waals surface area contributed by atoms with Gasteiger partial charge in [0.25, 0.3) is 0 Å². The maximum Gasteiger partial charge on any atom is 0.433 e. The molecule has 3 aliphatic rings. The first-order valence-corrected chi connectivity index (χ1v) is 10.9. The third-order valence-corrected chi connectivity index (χ3v) is 6.64. The van der Waals surface area contributed by atoms with Crippen LogP contribution in [-0.2, 0) is 28.6 Å². The molecule has 2 fully saturated rings. The molecule has 0 radical (unpaired) electrons. The lowest BCUT2D eigenvalue weighted by molar-refractivity contribution is -0.147. The summed E-state index contributed by atoms with van der Waals surface area (Å²) in [4.78, 5) is 39.8. The van der Waals surface area contributed by atoms with E-state index in [1.54, 1.807) is 4.90 Å². The van der Waals surface area contributed by atoms with Crippen molar-refractivity contribution in [1.82, 2.24) is 24.7 Å². The average Bonchev–Trinajstić information content (AvgIpc) is 3.21. The first-order chi connectivity index (χ1) is 14.6. The highest BCUT2D eigenvalue weighted by atomic mass is 19.4. The largest absolute Gasteiger partial charge is 0.433 e. The highest BCUT2D eigenvalue weighted by Gasteiger charge is 2.43. The third-order valence-electron chi connectivity index (χ3n) is 6.64. The highest BCUT2D eigenvalue weighted by Crippen LogP contribution is 2.37. The number of rotatable bonds is 2. The zero-order chi connectivity index (χ0) is 22.3. The monoisotopic (exact) mass is 439 g/mol. The molecule has 2 saturated heterocycles. The number of nitrogens with zero attached hydrogens (tertiary/aromatic N) is 5. The van der Waals surface area contributed by atoms with Gasteiger partial charge in [0.15, 0.2) is 5.69 Å². The van der Waals surface area contributed by atoms with E-state index in [0.29, 0.717) is 44.6 Å². The topological polar surface area (TPSA) is 69.6 Å². The molecule has 0 bridgehead atoms. The average molecular weight is 439 g/mol. The van der Waals surface area contributed by atoms with Gasteiger partial charge in [0.2, 0.25) is 11.8 Å². The molecule has 0 aromatic carbocycles. The minimum Gasteiger partial charge on any atom is -0.338 e. The Bertz CT molecular complexity index is 867. The molecule has 0 spiro atoms. The second kappa shape index (κ2) is 8.37. The van der Waals surface area contributed by atoms with Crippen molar-refractivity contribution in [3.63, 3.8) is 0 Å². The van der Waals surface area contributed by atoms with Crippen LogP contribution in [0.3, 0.4) is 0 Å². The molecule has 2 atom stereocenters. The number of alkyl halides is 3. The van der Waals surface area contributed by atoms with Gasteiger partial charge in [-0.25, -0.2) is 9.97 Å². The summed E-state index contributed by atoms with van der Waals surface area (Å²) in [6.45, 7) is 4.79. The highest BCUT2D eigenvalue weighted by molar-refractivity contribution is 5.89. The van der Waals surface area contributed by atoms with E-state index in [1.807, 2.05) is 11.9 Å². The van der Waals surface area contributed by atoms with Gasteiger partial charge in [0, 0.05) is 49.9 Å². The molecule has 1 aromatic heterocycles. The van der Waals surface area contributed by atoms with Gasteiger partial charge in [-0.05, 0) is 46.1 Å². The molecule has 1 aliphatic carbocycles. The van der Waals surface area contributed by atoms with Gasteiger partial charge in [-0.15, -0.1) is 0 Å². The Morgan fingerprint density at radius 1 is 1.00 bits per heavy atom. The van der Waals surface area contributed by atoms with E-state index in [1.165, 1.54) is 6.92 Å². The molecule has 170 valence electrons. The molecule has 31 heavy (non-hydrogen) atoms. The van der Waals surface area contributed by atoms with Crippen LogP contribution in [0.4, 0.5) is 13.2 Å². The van der Waals surface area contributed by atoms with Crippen LogP contribution < -0.4 is 0 Å². The Hall–Kier alpha value is -2.23. The van der Waals surface area contributed by atoms with Gasteiger partial charge in [0.05, 0.1) is 0 Å². The summed E-state index contributed by atoms with van der Waals surface area (Å²) >= 11 is 0. The van der Waals surface area contributed by atoms with E-state index in [-0.39, 0.29) is 29.6 Å². The lowest BCUT2D eigenvalue weighted by Crippen LogP contribution is -2.54. The maximum atomic E-state index is 13.5. The smallest absolute Gasteiger partial charge is 0.338 e. The SMILES string of the molecule is Cc1nc2c(c(C(F)(F)F)n1)C[C@@H](C(=O)N1CCC[C@@H]1C(=O)N1CCN(C)CC1)CC2. The van der Waals surface area contributed by atoms with Crippen LogP contribution in [0.25, 0.3) is 0 Å². The predicted octanol–water partition coefficient (Wildman–Crippen LogP) is 1.67. The van der Waals surface area contributed by atoms with Crippen molar-refractivity contribution in [1.29, 1.82) is 0 Å².